The van der Waals surface area contributed by atoms with Gasteiger partial charge in [-0.15, -0.1) is 0 Å². The molecule has 11 heteroatoms. The van der Waals surface area contributed by atoms with Crippen LogP contribution >= 0.6 is 0 Å². The fraction of sp³-hybridized carbons (Fsp3) is 0.259. The Hall–Kier alpha value is -4.63. The predicted molar refractivity (Wildman–Crippen MR) is 133 cm³/mol. The summed E-state index contributed by atoms with van der Waals surface area (Å²) in [4.78, 5) is 24.3. The van der Waals surface area contributed by atoms with Crippen LogP contribution in [0.1, 0.15) is 63.0 Å². The van der Waals surface area contributed by atoms with Gasteiger partial charge in [0.25, 0.3) is 12.1 Å². The van der Waals surface area contributed by atoms with Gasteiger partial charge in [-0.2, -0.15) is 0 Å². The van der Waals surface area contributed by atoms with Crippen LogP contribution in [-0.4, -0.2) is 29.1 Å². The van der Waals surface area contributed by atoms with Crippen LogP contribution in [-0.2, 0) is 31.9 Å². The summed E-state index contributed by atoms with van der Waals surface area (Å²) >= 11 is 0. The first-order valence-corrected chi connectivity index (χ1v) is 11.1. The number of nitriles is 2. The van der Waals surface area contributed by atoms with E-state index >= 15 is 0 Å². The van der Waals surface area contributed by atoms with Gasteiger partial charge in [-0.3, -0.25) is 14.5 Å². The molecule has 0 aliphatic rings. The Morgan fingerprint density at radius 1 is 0.868 bits per heavy atom. The third-order valence-corrected chi connectivity index (χ3v) is 5.95. The summed E-state index contributed by atoms with van der Waals surface area (Å²) < 4.78 is 2.76. The number of hydrogen-bond acceptors (Lipinski definition) is 6. The van der Waals surface area contributed by atoms with Gasteiger partial charge in [0.15, 0.2) is 0 Å². The third-order valence-electron chi connectivity index (χ3n) is 5.95. The minimum absolute atomic E-state index is 0. The van der Waals surface area contributed by atoms with Crippen molar-refractivity contribution < 1.29 is 21.1 Å². The van der Waals surface area contributed by atoms with Crippen LogP contribution in [0, 0.1) is 48.5 Å². The summed E-state index contributed by atoms with van der Waals surface area (Å²) in [7, 11) is 0. The van der Waals surface area contributed by atoms with E-state index in [0.717, 1.165) is 5.56 Å². The van der Waals surface area contributed by atoms with E-state index in [1.165, 1.54) is 9.13 Å². The van der Waals surface area contributed by atoms with E-state index in [1.807, 2.05) is 44.2 Å². The van der Waals surface area contributed by atoms with Crippen molar-refractivity contribution in [3.63, 3.8) is 0 Å². The summed E-state index contributed by atoms with van der Waals surface area (Å²) in [6.45, 7) is 25.0. The molecule has 10 nitrogen and oxygen atoms in total. The van der Waals surface area contributed by atoms with E-state index in [4.69, 9.17) is 23.1 Å². The number of aromatic nitrogens is 6. The number of imidazole rings is 2. The third kappa shape index (κ3) is 4.83. The molecule has 38 heavy (non-hydrogen) atoms. The molecular weight excluding hydrogens is 659 g/mol. The van der Waals surface area contributed by atoms with Crippen LogP contribution in [0.15, 0.2) is 30.3 Å². The van der Waals surface area contributed by atoms with Crippen molar-refractivity contribution in [2.24, 2.45) is 0 Å². The van der Waals surface area contributed by atoms with E-state index < -0.39 is 5.41 Å². The van der Waals surface area contributed by atoms with Crippen LogP contribution < -0.4 is 0 Å². The van der Waals surface area contributed by atoms with Gasteiger partial charge in [0.2, 0.25) is 0 Å². The maximum atomic E-state index is 9.53. The molecule has 0 amide bonds. The second-order valence-electron chi connectivity index (χ2n) is 9.74. The van der Waals surface area contributed by atoms with Gasteiger partial charge >= 0.3 is 26.9 Å². The van der Waals surface area contributed by atoms with Gasteiger partial charge in [0.1, 0.15) is 5.82 Å². The molecule has 0 bridgehead atoms. The van der Waals surface area contributed by atoms with Crippen LogP contribution in [0.3, 0.4) is 0 Å². The molecular formula is C27H20N10Pt. The fourth-order valence-corrected chi connectivity index (χ4v) is 3.70. The number of rotatable bonds is 4. The molecule has 0 saturated heterocycles. The number of nitrogens with zero attached hydrogens (tertiary/aromatic N) is 10. The molecule has 188 valence electrons. The Morgan fingerprint density at radius 3 is 2.16 bits per heavy atom. The fourth-order valence-electron chi connectivity index (χ4n) is 3.70. The molecule has 4 heterocycles. The first-order valence-electron chi connectivity index (χ1n) is 11.1. The van der Waals surface area contributed by atoms with Crippen molar-refractivity contribution in [2.75, 3.05) is 0 Å². The van der Waals surface area contributed by atoms with Crippen molar-refractivity contribution >= 4 is 11.6 Å². The van der Waals surface area contributed by atoms with E-state index in [2.05, 4.69) is 53.1 Å². The average Bonchev–Trinajstić information content (AvgIpc) is 3.51. The average molecular weight is 680 g/mol. The molecule has 0 aliphatic carbocycles. The molecule has 4 aromatic rings. The van der Waals surface area contributed by atoms with Crippen LogP contribution in [0.2, 0.25) is 0 Å². The number of hydrogen-bond donors (Lipinski definition) is 0. The molecule has 0 atom stereocenters. The van der Waals surface area contributed by atoms with E-state index in [-0.39, 0.29) is 49.5 Å². The van der Waals surface area contributed by atoms with Crippen molar-refractivity contribution in [3.05, 3.63) is 94.2 Å². The summed E-state index contributed by atoms with van der Waals surface area (Å²) in [5, 5.41) is 18.8. The Bertz CT molecular complexity index is 1690. The molecule has 0 saturated carbocycles. The summed E-state index contributed by atoms with van der Waals surface area (Å²) in [5.41, 5.74) is 1.35. The number of pyridine rings is 2. The van der Waals surface area contributed by atoms with E-state index in [0.29, 0.717) is 23.0 Å². The summed E-state index contributed by atoms with van der Waals surface area (Å²) in [6.07, 6.45) is 5.40. The normalized spacial score (nSPS) is 11.0. The zero-order valence-electron chi connectivity index (χ0n) is 21.2. The summed E-state index contributed by atoms with van der Waals surface area (Å²) in [6, 6.07) is 13.1. The standard InChI is InChI=1S/C27H20N10.Pt/c1-26(2,3)17-11-21(35-23(12-17)37-16-33-24(30-6)25(37)31-7)27(4,5)20-9-8-10-22(34-20)36-15-32-18(13-28)19(36)14-29;/h8-12H,1-5H3;/q-2;+2. The molecule has 0 radical (unpaired) electrons. The quantitative estimate of drug-likeness (QED) is 0.283. The Kier molecular flexibility index (Phi) is 7.64. The monoisotopic (exact) mass is 679 g/mol. The molecule has 0 N–H and O–H groups in total. The minimum Gasteiger partial charge on any atom is -0.402 e. The molecule has 0 aliphatic heterocycles. The summed E-state index contributed by atoms with van der Waals surface area (Å²) in [5.74, 6) is 0.830. The van der Waals surface area contributed by atoms with Gasteiger partial charge in [-0.05, 0) is 43.0 Å². The zero-order chi connectivity index (χ0) is 27.0. The van der Waals surface area contributed by atoms with Crippen LogP contribution in [0.5, 0.6) is 0 Å². The topological polar surface area (TPSA) is 118 Å². The van der Waals surface area contributed by atoms with Crippen LogP contribution in [0.4, 0.5) is 11.6 Å². The van der Waals surface area contributed by atoms with Crippen molar-refractivity contribution in [1.29, 1.82) is 10.5 Å². The van der Waals surface area contributed by atoms with E-state index in [1.54, 1.807) is 12.1 Å². The van der Waals surface area contributed by atoms with Crippen molar-refractivity contribution in [1.82, 2.24) is 29.1 Å². The molecule has 0 unspecified atom stereocenters. The maximum absolute atomic E-state index is 9.53. The molecule has 4 aromatic heterocycles. The van der Waals surface area contributed by atoms with Crippen molar-refractivity contribution in [3.8, 4) is 23.8 Å². The largest absolute Gasteiger partial charge is 2.00 e. The first-order chi connectivity index (χ1) is 17.5. The molecule has 0 spiro atoms. The van der Waals surface area contributed by atoms with Gasteiger partial charge in [-0.25, -0.2) is 10.5 Å². The van der Waals surface area contributed by atoms with Gasteiger partial charge in [0, 0.05) is 28.8 Å². The van der Waals surface area contributed by atoms with Gasteiger partial charge in [0.05, 0.1) is 23.7 Å². The maximum Gasteiger partial charge on any atom is 2.00 e. The van der Waals surface area contributed by atoms with Gasteiger partial charge in [-0.1, -0.05) is 51.0 Å². The second-order valence-corrected chi connectivity index (χ2v) is 9.74. The van der Waals surface area contributed by atoms with Crippen LogP contribution in [0.25, 0.3) is 21.3 Å². The smallest absolute Gasteiger partial charge is 0.402 e. The molecule has 4 rings (SSSR count). The second kappa shape index (κ2) is 10.4. The van der Waals surface area contributed by atoms with E-state index in [9.17, 15) is 10.5 Å². The first kappa shape index (κ1) is 27.9. The Labute approximate surface area is 235 Å². The SMILES string of the molecule is [C-]#[N+]c1n[c-]n(-c2cc(C(C)(C)C)cc(C(C)(C)c3cccc(-n4[c-]nc(C#N)c4C#N)n3)n2)c1[N+]#[C-].[Pt+2]. The van der Waals surface area contributed by atoms with Gasteiger partial charge < -0.3 is 19.2 Å². The molecule has 0 fully saturated rings. The minimum atomic E-state index is -0.723. The predicted octanol–water partition coefficient (Wildman–Crippen LogP) is 4.91. The Balaban J connectivity index is 0.00000400. The molecule has 0 aromatic carbocycles. The van der Waals surface area contributed by atoms with Crippen molar-refractivity contribution in [2.45, 2.75) is 45.4 Å². The zero-order valence-corrected chi connectivity index (χ0v) is 23.4. The Morgan fingerprint density at radius 2 is 1.55 bits per heavy atom.